The minimum atomic E-state index is -0.139. The smallest absolute Gasteiger partial charge is 0.261 e. The van der Waals surface area contributed by atoms with E-state index in [9.17, 15) is 9.59 Å². The highest BCUT2D eigenvalue weighted by Crippen LogP contribution is 2.28. The second-order valence-corrected chi connectivity index (χ2v) is 6.93. The maximum atomic E-state index is 13.0. The number of ketones is 1. The van der Waals surface area contributed by atoms with Crippen molar-refractivity contribution in [2.75, 3.05) is 13.7 Å². The Hall–Kier alpha value is -3.60. The lowest BCUT2D eigenvalue weighted by molar-refractivity contribution is -0.134. The summed E-state index contributed by atoms with van der Waals surface area (Å²) < 4.78 is 11.1. The molecule has 0 unspecified atom stereocenters. The van der Waals surface area contributed by atoms with Crippen molar-refractivity contribution in [1.82, 2.24) is 4.90 Å². The molecule has 0 saturated heterocycles. The lowest BCUT2D eigenvalue weighted by Crippen LogP contribution is -2.34. The molecule has 30 heavy (non-hydrogen) atoms. The first-order valence-electron chi connectivity index (χ1n) is 9.74. The Morgan fingerprint density at radius 3 is 1.87 bits per heavy atom. The molecule has 0 aliphatic rings. The van der Waals surface area contributed by atoms with Gasteiger partial charge in [-0.3, -0.25) is 9.59 Å². The number of carbonyl (C=O) groups is 2. The summed E-state index contributed by atoms with van der Waals surface area (Å²) in [6.07, 6.45) is 0. The van der Waals surface area contributed by atoms with E-state index < -0.39 is 0 Å². The fourth-order valence-corrected chi connectivity index (χ4v) is 3.08. The van der Waals surface area contributed by atoms with Gasteiger partial charge in [-0.1, -0.05) is 60.7 Å². The molecule has 0 saturated carbocycles. The summed E-state index contributed by atoms with van der Waals surface area (Å²) in [4.78, 5) is 26.3. The van der Waals surface area contributed by atoms with E-state index in [-0.39, 0.29) is 18.3 Å². The number of Topliss-reactive ketones (excluding diaryl/α,β-unsaturated/α-hetero) is 1. The minimum Gasteiger partial charge on any atom is -0.493 e. The molecule has 0 N–H and O–H groups in total. The lowest BCUT2D eigenvalue weighted by atomic mass is 10.1. The molecule has 0 atom stereocenters. The molecule has 3 rings (SSSR count). The quantitative estimate of drug-likeness (QED) is 0.494. The maximum absolute atomic E-state index is 13.0. The van der Waals surface area contributed by atoms with E-state index in [1.165, 1.54) is 14.0 Å². The summed E-state index contributed by atoms with van der Waals surface area (Å²) in [7, 11) is 1.51. The van der Waals surface area contributed by atoms with Crippen LogP contribution in [0, 0.1) is 0 Å². The first-order chi connectivity index (χ1) is 14.6. The van der Waals surface area contributed by atoms with Crippen molar-refractivity contribution >= 4 is 11.7 Å². The molecule has 5 nitrogen and oxygen atoms in total. The fourth-order valence-electron chi connectivity index (χ4n) is 3.08. The van der Waals surface area contributed by atoms with Crippen LogP contribution in [0.15, 0.2) is 78.9 Å². The zero-order chi connectivity index (χ0) is 21.3. The number of ether oxygens (including phenoxy) is 2. The second kappa shape index (κ2) is 10.3. The highest BCUT2D eigenvalue weighted by atomic mass is 16.5. The first-order valence-corrected chi connectivity index (χ1v) is 9.74. The molecule has 3 aromatic carbocycles. The van der Waals surface area contributed by atoms with Gasteiger partial charge in [0.2, 0.25) is 0 Å². The summed E-state index contributed by atoms with van der Waals surface area (Å²) >= 11 is 0. The number of nitrogens with zero attached hydrogens (tertiary/aromatic N) is 1. The van der Waals surface area contributed by atoms with E-state index in [0.29, 0.717) is 30.2 Å². The Bertz CT molecular complexity index is 945. The van der Waals surface area contributed by atoms with Crippen LogP contribution in [-0.4, -0.2) is 30.3 Å². The van der Waals surface area contributed by atoms with Crippen molar-refractivity contribution in [3.05, 3.63) is 95.6 Å². The molecular weight excluding hydrogens is 378 g/mol. The van der Waals surface area contributed by atoms with E-state index in [1.54, 1.807) is 23.1 Å². The zero-order valence-electron chi connectivity index (χ0n) is 17.2. The Kier molecular flexibility index (Phi) is 7.22. The van der Waals surface area contributed by atoms with Crippen LogP contribution < -0.4 is 9.47 Å². The fraction of sp³-hybridized carbons (Fsp3) is 0.200. The van der Waals surface area contributed by atoms with E-state index >= 15 is 0 Å². The van der Waals surface area contributed by atoms with Gasteiger partial charge in [-0.25, -0.2) is 0 Å². The highest BCUT2D eigenvalue weighted by molar-refractivity contribution is 5.94. The standard InChI is InChI=1S/C25H25NO4/c1-19(27)22-13-14-23(24(15-22)29-2)30-18-25(28)26(16-20-9-5-3-6-10-20)17-21-11-7-4-8-12-21/h3-15H,16-18H2,1-2H3. The molecule has 3 aromatic rings. The molecule has 0 heterocycles. The molecule has 0 aliphatic heterocycles. The van der Waals surface area contributed by atoms with Gasteiger partial charge in [0.1, 0.15) is 0 Å². The molecular formula is C25H25NO4. The Labute approximate surface area is 176 Å². The highest BCUT2D eigenvalue weighted by Gasteiger charge is 2.17. The summed E-state index contributed by atoms with van der Waals surface area (Å²) in [6, 6.07) is 24.6. The molecule has 0 aliphatic carbocycles. The van der Waals surface area contributed by atoms with Gasteiger partial charge in [0.15, 0.2) is 23.9 Å². The van der Waals surface area contributed by atoms with Crippen molar-refractivity contribution in [3.63, 3.8) is 0 Å². The Morgan fingerprint density at radius 2 is 1.37 bits per heavy atom. The van der Waals surface area contributed by atoms with Crippen LogP contribution in [0.4, 0.5) is 0 Å². The van der Waals surface area contributed by atoms with Gasteiger partial charge in [-0.05, 0) is 36.2 Å². The second-order valence-electron chi connectivity index (χ2n) is 6.93. The van der Waals surface area contributed by atoms with Crippen LogP contribution in [-0.2, 0) is 17.9 Å². The van der Waals surface area contributed by atoms with E-state index in [1.807, 2.05) is 60.7 Å². The van der Waals surface area contributed by atoms with E-state index in [4.69, 9.17) is 9.47 Å². The molecule has 0 fully saturated rings. The largest absolute Gasteiger partial charge is 0.493 e. The predicted molar refractivity (Wildman–Crippen MR) is 116 cm³/mol. The number of rotatable bonds is 9. The van der Waals surface area contributed by atoms with Crippen molar-refractivity contribution in [1.29, 1.82) is 0 Å². The third-order valence-corrected chi connectivity index (χ3v) is 4.71. The maximum Gasteiger partial charge on any atom is 0.261 e. The molecule has 0 radical (unpaired) electrons. The first kappa shape index (κ1) is 21.1. The molecule has 0 spiro atoms. The summed E-state index contributed by atoms with van der Waals surface area (Å²) in [6.45, 7) is 2.33. The number of methoxy groups -OCH3 is 1. The van der Waals surface area contributed by atoms with Crippen molar-refractivity contribution in [2.24, 2.45) is 0 Å². The Balaban J connectivity index is 1.73. The van der Waals surface area contributed by atoms with Crippen LogP contribution in [0.5, 0.6) is 11.5 Å². The molecule has 5 heteroatoms. The van der Waals surface area contributed by atoms with Gasteiger partial charge < -0.3 is 14.4 Å². The Morgan fingerprint density at radius 1 is 0.800 bits per heavy atom. The number of carbonyl (C=O) groups excluding carboxylic acids is 2. The average molecular weight is 403 g/mol. The molecule has 154 valence electrons. The summed E-state index contributed by atoms with van der Waals surface area (Å²) in [5.41, 5.74) is 2.62. The summed E-state index contributed by atoms with van der Waals surface area (Å²) in [5, 5.41) is 0. The monoisotopic (exact) mass is 403 g/mol. The number of benzene rings is 3. The van der Waals surface area contributed by atoms with Gasteiger partial charge in [-0.2, -0.15) is 0 Å². The molecule has 0 bridgehead atoms. The number of hydrogen-bond acceptors (Lipinski definition) is 4. The minimum absolute atomic E-state index is 0.0622. The van der Waals surface area contributed by atoms with Gasteiger partial charge in [0.05, 0.1) is 7.11 Å². The van der Waals surface area contributed by atoms with Crippen LogP contribution in [0.1, 0.15) is 28.4 Å². The van der Waals surface area contributed by atoms with Gasteiger partial charge >= 0.3 is 0 Å². The summed E-state index contributed by atoms with van der Waals surface area (Å²) in [5.74, 6) is 0.650. The van der Waals surface area contributed by atoms with Crippen LogP contribution in [0.25, 0.3) is 0 Å². The van der Waals surface area contributed by atoms with Gasteiger partial charge in [0.25, 0.3) is 5.91 Å². The van der Waals surface area contributed by atoms with Crippen LogP contribution in [0.2, 0.25) is 0 Å². The SMILES string of the molecule is COc1cc(C(C)=O)ccc1OCC(=O)N(Cc1ccccc1)Cc1ccccc1. The van der Waals surface area contributed by atoms with Crippen molar-refractivity contribution in [3.8, 4) is 11.5 Å². The normalized spacial score (nSPS) is 10.3. The van der Waals surface area contributed by atoms with E-state index in [2.05, 4.69) is 0 Å². The van der Waals surface area contributed by atoms with Crippen molar-refractivity contribution in [2.45, 2.75) is 20.0 Å². The molecule has 0 aromatic heterocycles. The van der Waals surface area contributed by atoms with Crippen LogP contribution in [0.3, 0.4) is 0 Å². The third kappa shape index (κ3) is 5.70. The predicted octanol–water partition coefficient (Wildman–Crippen LogP) is 4.51. The average Bonchev–Trinajstić information content (AvgIpc) is 2.78. The van der Waals surface area contributed by atoms with Gasteiger partial charge in [-0.15, -0.1) is 0 Å². The van der Waals surface area contributed by atoms with Crippen molar-refractivity contribution < 1.29 is 19.1 Å². The van der Waals surface area contributed by atoms with E-state index in [0.717, 1.165) is 11.1 Å². The lowest BCUT2D eigenvalue weighted by Gasteiger charge is -2.23. The number of amides is 1. The van der Waals surface area contributed by atoms with Gasteiger partial charge in [0, 0.05) is 18.7 Å². The number of hydrogen-bond donors (Lipinski definition) is 0. The third-order valence-electron chi connectivity index (χ3n) is 4.71. The van der Waals surface area contributed by atoms with Crippen LogP contribution >= 0.6 is 0 Å². The topological polar surface area (TPSA) is 55.8 Å². The molecule has 1 amide bonds. The zero-order valence-corrected chi connectivity index (χ0v) is 17.2.